The van der Waals surface area contributed by atoms with E-state index in [0.717, 1.165) is 11.3 Å². The molecule has 2 fully saturated rings. The zero-order valence-corrected chi connectivity index (χ0v) is 19.4. The maximum atomic E-state index is 12.7. The number of rotatable bonds is 6. The first-order valence-electron chi connectivity index (χ1n) is 7.97. The van der Waals surface area contributed by atoms with Crippen molar-refractivity contribution in [2.45, 2.75) is 36.1 Å². The zero-order chi connectivity index (χ0) is 20.6. The van der Waals surface area contributed by atoms with E-state index >= 15 is 0 Å². The number of aliphatic carboxylic acids is 1. The molecule has 148 valence electrons. The van der Waals surface area contributed by atoms with Crippen molar-refractivity contribution in [3.05, 3.63) is 11.1 Å². The number of carbonyl (C=O) groups is 3. The van der Waals surface area contributed by atoms with Gasteiger partial charge in [0.05, 0.1) is 12.0 Å². The van der Waals surface area contributed by atoms with Crippen molar-refractivity contribution in [2.75, 3.05) is 12.3 Å². The minimum Gasteiger partial charge on any atom is -0.548 e. The van der Waals surface area contributed by atoms with Crippen LogP contribution in [0.2, 0.25) is 0 Å². The summed E-state index contributed by atoms with van der Waals surface area (Å²) in [6, 6.07) is -0.307. The van der Waals surface area contributed by atoms with E-state index in [1.165, 1.54) is 22.0 Å². The number of carboxylic acid groups (broad SMARTS) is 1. The summed E-state index contributed by atoms with van der Waals surface area (Å²) in [5.41, 5.74) is 5.47. The van der Waals surface area contributed by atoms with E-state index in [1.807, 2.05) is 0 Å². The summed E-state index contributed by atoms with van der Waals surface area (Å²) < 4.78 is -0.769. The van der Waals surface area contributed by atoms with Gasteiger partial charge in [-0.2, -0.15) is 5.26 Å². The molecule has 0 aliphatic carbocycles. The van der Waals surface area contributed by atoms with Crippen LogP contribution in [0.3, 0.4) is 0 Å². The fourth-order valence-electron chi connectivity index (χ4n) is 3.06. The molecule has 11 nitrogen and oxygen atoms in total. The van der Waals surface area contributed by atoms with Crippen molar-refractivity contribution >= 4 is 51.7 Å². The molecule has 3 heterocycles. The van der Waals surface area contributed by atoms with Crippen molar-refractivity contribution in [1.82, 2.24) is 15.2 Å². The number of hydrogen-bond donors (Lipinski definition) is 2. The predicted molar refractivity (Wildman–Crippen MR) is 97.7 cm³/mol. The normalized spacial score (nSPS) is 24.6. The molecule has 0 unspecified atom stereocenters. The standard InChI is InChI=1S/C15H16N6O5S2.Na/c1-15(2)9(13(24)25)21-11(23)8(12(21)28-15)19-10(22)7(20-26-4-3-16)6-5-27-14(17)18-6;/h5,8-9,12H,4H2,1-2H3,(H2,17,18)(H,19,22)(H,24,25);/q;+1/p-1/b20-7-;/t8-,9-,12+;/m0./s1. The summed E-state index contributed by atoms with van der Waals surface area (Å²) >= 11 is 2.34. The van der Waals surface area contributed by atoms with Gasteiger partial charge in [-0.25, -0.2) is 4.98 Å². The Hall–Kier alpha value is -1.85. The zero-order valence-electron chi connectivity index (χ0n) is 15.7. The fourth-order valence-corrected chi connectivity index (χ4v) is 5.23. The molecule has 2 saturated heterocycles. The number of thiazole rings is 1. The largest absolute Gasteiger partial charge is 1.00 e. The summed E-state index contributed by atoms with van der Waals surface area (Å²) in [5.74, 6) is -2.62. The summed E-state index contributed by atoms with van der Waals surface area (Å²) in [4.78, 5) is 46.5. The van der Waals surface area contributed by atoms with Gasteiger partial charge in [-0.15, -0.1) is 23.1 Å². The molecule has 3 atom stereocenters. The number of β-lactam (4-membered cyclic amide) rings is 1. The number of thioether (sulfide) groups is 1. The molecule has 2 aliphatic rings. The number of fused-ring (bicyclic) bond motifs is 1. The smallest absolute Gasteiger partial charge is 0.548 e. The molecule has 0 bridgehead atoms. The van der Waals surface area contributed by atoms with Crippen LogP contribution >= 0.6 is 23.1 Å². The van der Waals surface area contributed by atoms with Gasteiger partial charge in [0.2, 0.25) is 12.5 Å². The number of nitrogens with zero attached hydrogens (tertiary/aromatic N) is 4. The molecule has 14 heteroatoms. The number of aromatic nitrogens is 1. The molecule has 3 N–H and O–H groups in total. The minimum absolute atomic E-state index is 0. The van der Waals surface area contributed by atoms with E-state index in [4.69, 9.17) is 15.8 Å². The van der Waals surface area contributed by atoms with Crippen LogP contribution in [0.1, 0.15) is 19.5 Å². The molecule has 0 saturated carbocycles. The monoisotopic (exact) mass is 446 g/mol. The second kappa shape index (κ2) is 8.88. The maximum Gasteiger partial charge on any atom is 1.00 e. The van der Waals surface area contributed by atoms with Crippen molar-refractivity contribution in [3.8, 4) is 6.07 Å². The SMILES string of the molecule is CC1(C)S[C@@H]2[C@@H](NC(=O)/C(=N\OCC#N)c3csc(N)n3)C(=O)N2[C@H]1C(=O)[O-].[Na+]. The summed E-state index contributed by atoms with van der Waals surface area (Å²) in [6.45, 7) is 3.01. The first kappa shape index (κ1) is 23.4. The van der Waals surface area contributed by atoms with Gasteiger partial charge in [0.1, 0.15) is 23.2 Å². The number of nitriles is 1. The van der Waals surface area contributed by atoms with Crippen LogP contribution in [0.15, 0.2) is 10.5 Å². The van der Waals surface area contributed by atoms with Crippen LogP contribution in [-0.4, -0.2) is 62.2 Å². The van der Waals surface area contributed by atoms with Crippen molar-refractivity contribution in [3.63, 3.8) is 0 Å². The van der Waals surface area contributed by atoms with Crippen molar-refractivity contribution in [1.29, 1.82) is 5.26 Å². The fraction of sp³-hybridized carbons (Fsp3) is 0.467. The van der Waals surface area contributed by atoms with Gasteiger partial charge in [0.15, 0.2) is 10.8 Å². The number of carbonyl (C=O) groups excluding carboxylic acids is 3. The molecule has 1 aromatic rings. The van der Waals surface area contributed by atoms with Gasteiger partial charge in [0.25, 0.3) is 5.91 Å². The Labute approximate surface area is 195 Å². The van der Waals surface area contributed by atoms with E-state index in [2.05, 4.69) is 15.5 Å². The number of anilines is 1. The summed E-state index contributed by atoms with van der Waals surface area (Å²) in [5, 5.41) is 27.3. The Balaban J connectivity index is 0.00000300. The van der Waals surface area contributed by atoms with E-state index in [9.17, 15) is 19.5 Å². The number of amides is 2. The van der Waals surface area contributed by atoms with Crippen LogP contribution < -0.4 is 45.7 Å². The Morgan fingerprint density at radius 2 is 2.24 bits per heavy atom. The van der Waals surface area contributed by atoms with E-state index in [-0.39, 0.29) is 52.7 Å². The van der Waals surface area contributed by atoms with Gasteiger partial charge in [0, 0.05) is 10.1 Å². The summed E-state index contributed by atoms with van der Waals surface area (Å²) in [6.07, 6.45) is 0. The minimum atomic E-state index is -1.34. The van der Waals surface area contributed by atoms with Crippen LogP contribution in [0.5, 0.6) is 0 Å². The average molecular weight is 446 g/mol. The Bertz CT molecular complexity index is 913. The number of oxime groups is 1. The van der Waals surface area contributed by atoms with Crippen LogP contribution in [0.25, 0.3) is 0 Å². The maximum absolute atomic E-state index is 12.7. The topological polar surface area (TPSA) is 174 Å². The molecular weight excluding hydrogens is 431 g/mol. The van der Waals surface area contributed by atoms with Crippen LogP contribution in [0, 0.1) is 11.3 Å². The average Bonchev–Trinajstić information content (AvgIpc) is 3.15. The molecule has 29 heavy (non-hydrogen) atoms. The van der Waals surface area contributed by atoms with Gasteiger partial charge in [-0.05, 0) is 13.8 Å². The molecule has 1 aromatic heterocycles. The quantitative estimate of drug-likeness (QED) is 0.143. The Morgan fingerprint density at radius 1 is 1.55 bits per heavy atom. The Morgan fingerprint density at radius 3 is 2.79 bits per heavy atom. The number of hydrogen-bond acceptors (Lipinski definition) is 11. The molecule has 3 rings (SSSR count). The van der Waals surface area contributed by atoms with Gasteiger partial charge in [-0.3, -0.25) is 9.59 Å². The van der Waals surface area contributed by atoms with Crippen molar-refractivity contribution < 1.29 is 53.9 Å². The van der Waals surface area contributed by atoms with Crippen LogP contribution in [0.4, 0.5) is 5.13 Å². The number of carboxylic acids is 1. The van der Waals surface area contributed by atoms with E-state index in [1.54, 1.807) is 19.9 Å². The molecule has 2 amide bonds. The van der Waals surface area contributed by atoms with Gasteiger partial charge < -0.3 is 30.7 Å². The second-order valence-corrected chi connectivity index (χ2v) is 9.13. The summed E-state index contributed by atoms with van der Waals surface area (Å²) in [7, 11) is 0. The van der Waals surface area contributed by atoms with Gasteiger partial charge in [-0.1, -0.05) is 5.16 Å². The first-order chi connectivity index (χ1) is 13.2. The van der Waals surface area contributed by atoms with Gasteiger partial charge >= 0.3 is 29.6 Å². The molecular formula is C15H15N6NaO5S2. The molecule has 0 radical (unpaired) electrons. The third kappa shape index (κ3) is 4.36. The third-order valence-corrected chi connectivity index (χ3v) is 6.46. The first-order valence-corrected chi connectivity index (χ1v) is 9.73. The predicted octanol–water partition coefficient (Wildman–Crippen LogP) is -4.73. The Kier molecular flexibility index (Phi) is 7.18. The number of nitrogens with two attached hydrogens (primary N) is 1. The van der Waals surface area contributed by atoms with E-state index in [0.29, 0.717) is 0 Å². The van der Waals surface area contributed by atoms with Crippen molar-refractivity contribution in [2.24, 2.45) is 5.16 Å². The molecule has 0 spiro atoms. The number of nitrogens with one attached hydrogen (secondary N) is 1. The van der Waals surface area contributed by atoms with Crippen LogP contribution in [-0.2, 0) is 19.2 Å². The number of nitrogen functional groups attached to an aromatic ring is 1. The second-order valence-electron chi connectivity index (χ2n) is 6.47. The third-order valence-electron chi connectivity index (χ3n) is 4.22. The molecule has 0 aromatic carbocycles. The van der Waals surface area contributed by atoms with E-state index < -0.39 is 40.0 Å². The molecule has 2 aliphatic heterocycles.